The maximum Gasteiger partial charge on any atom is 0.416 e. The van der Waals surface area contributed by atoms with Crippen LogP contribution in [0.4, 0.5) is 30.7 Å². The van der Waals surface area contributed by atoms with E-state index in [9.17, 15) is 40.3 Å². The minimum absolute atomic E-state index is 0.0401. The van der Waals surface area contributed by atoms with Crippen molar-refractivity contribution in [2.45, 2.75) is 82.9 Å². The lowest BCUT2D eigenvalue weighted by Gasteiger charge is -2.47. The maximum absolute atomic E-state index is 14.3. The molecule has 2 aromatic rings. The number of benzene rings is 2. The minimum atomic E-state index is -5.06. The molecule has 2 aromatic carbocycles. The molecule has 2 heterocycles. The van der Waals surface area contributed by atoms with E-state index in [4.69, 9.17) is 10.5 Å². The Hall–Kier alpha value is -3.19. The van der Waals surface area contributed by atoms with Gasteiger partial charge in [0, 0.05) is 31.6 Å². The number of likely N-dealkylation sites (tertiary alicyclic amines) is 2. The Labute approximate surface area is 263 Å². The SMILES string of the molecule is CCOC(=O)[C@]12C[C@H]1CN([C@@H]1CCN(C(=O)C(C)(N)[C@H](C)c3cc(C(F)(F)F)cc(C(F)(F)F)c3)[C@@H](c3ccc(F)cc3C)C1)C2. The monoisotopic (exact) mass is 657 g/mol. The number of piperidine rings is 2. The number of aryl methyl sites for hydroxylation is 1. The lowest BCUT2D eigenvalue weighted by atomic mass is 9.79. The number of carbonyl (C=O) groups is 2. The van der Waals surface area contributed by atoms with E-state index >= 15 is 0 Å². The first-order valence-electron chi connectivity index (χ1n) is 15.4. The first-order valence-corrected chi connectivity index (χ1v) is 15.4. The Kier molecular flexibility index (Phi) is 8.76. The molecule has 2 saturated heterocycles. The molecule has 3 fully saturated rings. The fraction of sp³-hybridized carbons (Fsp3) is 0.576. The highest BCUT2D eigenvalue weighted by Gasteiger charge is 2.66. The third kappa shape index (κ3) is 6.24. The number of hydrogen-bond acceptors (Lipinski definition) is 5. The van der Waals surface area contributed by atoms with Crippen LogP contribution < -0.4 is 5.73 Å². The van der Waals surface area contributed by atoms with E-state index in [1.807, 2.05) is 0 Å². The molecule has 1 amide bonds. The molecule has 0 radical (unpaired) electrons. The van der Waals surface area contributed by atoms with Gasteiger partial charge in [-0.2, -0.15) is 26.3 Å². The summed E-state index contributed by atoms with van der Waals surface area (Å²) in [6.45, 7) is 7.80. The summed E-state index contributed by atoms with van der Waals surface area (Å²) < 4.78 is 101. The van der Waals surface area contributed by atoms with Gasteiger partial charge in [-0.1, -0.05) is 13.0 Å². The topological polar surface area (TPSA) is 75.9 Å². The molecule has 13 heteroatoms. The van der Waals surface area contributed by atoms with Crippen LogP contribution in [0, 0.1) is 24.1 Å². The Morgan fingerprint density at radius 1 is 1.07 bits per heavy atom. The van der Waals surface area contributed by atoms with Crippen molar-refractivity contribution >= 4 is 11.9 Å². The van der Waals surface area contributed by atoms with Crippen molar-refractivity contribution in [3.63, 3.8) is 0 Å². The molecule has 46 heavy (non-hydrogen) atoms. The van der Waals surface area contributed by atoms with E-state index in [0.717, 1.165) is 6.42 Å². The highest BCUT2D eigenvalue weighted by Crippen LogP contribution is 2.59. The second-order valence-electron chi connectivity index (χ2n) is 13.2. The molecule has 0 spiro atoms. The summed E-state index contributed by atoms with van der Waals surface area (Å²) in [6, 6.07) is 4.79. The summed E-state index contributed by atoms with van der Waals surface area (Å²) in [5.74, 6) is -2.39. The fourth-order valence-electron chi connectivity index (χ4n) is 7.29. The van der Waals surface area contributed by atoms with Crippen LogP contribution in [0.5, 0.6) is 0 Å². The molecule has 0 bridgehead atoms. The Morgan fingerprint density at radius 2 is 1.70 bits per heavy atom. The van der Waals surface area contributed by atoms with Gasteiger partial charge in [0.25, 0.3) is 0 Å². The molecule has 6 nitrogen and oxygen atoms in total. The quantitative estimate of drug-likeness (QED) is 0.268. The van der Waals surface area contributed by atoms with E-state index in [1.165, 1.54) is 30.9 Å². The van der Waals surface area contributed by atoms with Crippen molar-refractivity contribution in [2.24, 2.45) is 17.1 Å². The van der Waals surface area contributed by atoms with Crippen molar-refractivity contribution in [1.82, 2.24) is 9.80 Å². The number of ether oxygens (including phenoxy) is 1. The molecule has 1 saturated carbocycles. The molecule has 252 valence electrons. The van der Waals surface area contributed by atoms with Crippen LogP contribution in [-0.2, 0) is 26.7 Å². The van der Waals surface area contributed by atoms with Gasteiger partial charge >= 0.3 is 18.3 Å². The van der Waals surface area contributed by atoms with Gasteiger partial charge in [0.2, 0.25) is 5.91 Å². The van der Waals surface area contributed by atoms with Gasteiger partial charge in [-0.3, -0.25) is 14.5 Å². The molecular weight excluding hydrogens is 619 g/mol. The van der Waals surface area contributed by atoms with Gasteiger partial charge in [0.1, 0.15) is 5.82 Å². The predicted molar refractivity (Wildman–Crippen MR) is 155 cm³/mol. The van der Waals surface area contributed by atoms with Gasteiger partial charge < -0.3 is 15.4 Å². The highest BCUT2D eigenvalue weighted by molar-refractivity contribution is 5.87. The van der Waals surface area contributed by atoms with E-state index < -0.39 is 58.1 Å². The summed E-state index contributed by atoms with van der Waals surface area (Å²) in [4.78, 5) is 30.7. The van der Waals surface area contributed by atoms with Crippen molar-refractivity contribution in [1.29, 1.82) is 0 Å². The summed E-state index contributed by atoms with van der Waals surface area (Å²) in [5.41, 5.74) is 2.02. The lowest BCUT2D eigenvalue weighted by molar-refractivity contribution is -0.150. The van der Waals surface area contributed by atoms with Gasteiger partial charge in [-0.25, -0.2) is 4.39 Å². The number of carbonyl (C=O) groups excluding carboxylic acids is 2. The third-order valence-electron chi connectivity index (χ3n) is 10.3. The zero-order chi connectivity index (χ0) is 34.0. The van der Waals surface area contributed by atoms with Crippen molar-refractivity contribution in [2.75, 3.05) is 26.2 Å². The highest BCUT2D eigenvalue weighted by atomic mass is 19.4. The summed E-state index contributed by atoms with van der Waals surface area (Å²) >= 11 is 0. The molecule has 2 N–H and O–H groups in total. The van der Waals surface area contributed by atoms with Crippen molar-refractivity contribution < 1.29 is 45.1 Å². The van der Waals surface area contributed by atoms with Crippen LogP contribution >= 0.6 is 0 Å². The van der Waals surface area contributed by atoms with E-state index in [2.05, 4.69) is 4.90 Å². The number of nitrogens with zero attached hydrogens (tertiary/aromatic N) is 2. The summed E-state index contributed by atoms with van der Waals surface area (Å²) in [5, 5.41) is 0. The van der Waals surface area contributed by atoms with Gasteiger partial charge in [0.05, 0.1) is 34.7 Å². The van der Waals surface area contributed by atoms with Gasteiger partial charge in [-0.05, 0) is 93.0 Å². The Balaban J connectivity index is 1.45. The summed E-state index contributed by atoms with van der Waals surface area (Å²) in [6.07, 6.45) is -8.44. The van der Waals surface area contributed by atoms with Crippen LogP contribution in [0.15, 0.2) is 36.4 Å². The zero-order valence-electron chi connectivity index (χ0n) is 26.1. The number of hydrogen-bond donors (Lipinski definition) is 1. The standard InChI is InChI=1S/C33H38F7N3O3/c1-5-46-29(45)31-15-23(31)16-42(17-31)25-8-9-43(27(14-25)26-7-6-24(34)10-18(26)2)28(44)30(4,41)19(3)20-11-21(32(35,36)37)13-22(12-20)33(38,39)40/h6-7,10-13,19,23,25,27H,5,8-9,14-17,41H2,1-4H3/t19-,23+,25-,27-,30?,31+/m1/s1. The van der Waals surface area contributed by atoms with Crippen molar-refractivity contribution in [3.05, 3.63) is 70.0 Å². The number of nitrogens with two attached hydrogens (primary N) is 1. The first-order chi connectivity index (χ1) is 21.3. The smallest absolute Gasteiger partial charge is 0.416 e. The maximum atomic E-state index is 14.3. The molecule has 1 unspecified atom stereocenters. The number of halogens is 7. The summed E-state index contributed by atoms with van der Waals surface area (Å²) in [7, 11) is 0. The largest absolute Gasteiger partial charge is 0.466 e. The second kappa shape index (κ2) is 11.8. The predicted octanol–water partition coefficient (Wildman–Crippen LogP) is 6.61. The molecule has 6 atom stereocenters. The average Bonchev–Trinajstić information content (AvgIpc) is 3.55. The van der Waals surface area contributed by atoms with Crippen molar-refractivity contribution in [3.8, 4) is 0 Å². The van der Waals surface area contributed by atoms with Crippen LogP contribution in [0.2, 0.25) is 0 Å². The zero-order valence-corrected chi connectivity index (χ0v) is 26.1. The molecule has 1 aliphatic carbocycles. The molecule has 5 rings (SSSR count). The van der Waals surface area contributed by atoms with Gasteiger partial charge in [0.15, 0.2) is 0 Å². The molecule has 0 aromatic heterocycles. The van der Waals surface area contributed by atoms with Crippen LogP contribution in [-0.4, -0.2) is 59.5 Å². The normalized spacial score (nSPS) is 27.1. The average molecular weight is 658 g/mol. The van der Waals surface area contributed by atoms with Gasteiger partial charge in [-0.15, -0.1) is 0 Å². The number of esters is 1. The van der Waals surface area contributed by atoms with Crippen LogP contribution in [0.25, 0.3) is 0 Å². The second-order valence-corrected chi connectivity index (χ2v) is 13.2. The third-order valence-corrected chi connectivity index (χ3v) is 10.3. The minimum Gasteiger partial charge on any atom is -0.466 e. The van der Waals surface area contributed by atoms with E-state index in [-0.39, 0.29) is 42.7 Å². The first kappa shape index (κ1) is 34.2. The number of rotatable bonds is 7. The molecule has 3 aliphatic rings. The number of fused-ring (bicyclic) bond motifs is 1. The number of alkyl halides is 6. The van der Waals surface area contributed by atoms with Crippen LogP contribution in [0.1, 0.15) is 79.8 Å². The Morgan fingerprint density at radius 3 is 2.26 bits per heavy atom. The molecule has 2 aliphatic heterocycles. The lowest BCUT2D eigenvalue weighted by Crippen LogP contribution is -2.59. The Bertz CT molecular complexity index is 1480. The molecular formula is C33H38F7N3O3. The van der Waals surface area contributed by atoms with E-state index in [0.29, 0.717) is 49.2 Å². The number of amides is 1. The fourth-order valence-corrected chi connectivity index (χ4v) is 7.29. The van der Waals surface area contributed by atoms with E-state index in [1.54, 1.807) is 19.9 Å². The van der Waals surface area contributed by atoms with Crippen LogP contribution in [0.3, 0.4) is 0 Å².